The molecule has 0 heterocycles. The van der Waals surface area contributed by atoms with E-state index in [0.717, 1.165) is 12.0 Å². The highest BCUT2D eigenvalue weighted by atomic mass is 16.5. The van der Waals surface area contributed by atoms with Gasteiger partial charge in [0.15, 0.2) is 0 Å². The third-order valence-electron chi connectivity index (χ3n) is 4.06. The molecule has 1 fully saturated rings. The summed E-state index contributed by atoms with van der Waals surface area (Å²) in [6, 6.07) is 9.30. The minimum Gasteiger partial charge on any atom is -0.466 e. The van der Waals surface area contributed by atoms with Crippen molar-refractivity contribution in [3.63, 3.8) is 0 Å². The van der Waals surface area contributed by atoms with Crippen LogP contribution in [0, 0.1) is 11.8 Å². The highest BCUT2D eigenvalue weighted by Gasteiger charge is 2.41. The fraction of sp³-hybridized carbons (Fsp3) is 0.562. The zero-order valence-electron chi connectivity index (χ0n) is 11.7. The molecule has 2 N–H and O–H groups in total. The average molecular weight is 278 g/mol. The zero-order chi connectivity index (χ0) is 14.5. The Kier molecular flexibility index (Phi) is 5.15. The summed E-state index contributed by atoms with van der Waals surface area (Å²) in [5.41, 5.74) is 0.785. The van der Waals surface area contributed by atoms with Crippen LogP contribution in [0.1, 0.15) is 37.9 Å². The molecule has 4 unspecified atom stereocenters. The van der Waals surface area contributed by atoms with E-state index >= 15 is 0 Å². The van der Waals surface area contributed by atoms with Gasteiger partial charge in [-0.3, -0.25) is 4.79 Å². The first kappa shape index (κ1) is 15.0. The Hall–Kier alpha value is -1.39. The molecule has 0 bridgehead atoms. The molecule has 4 heteroatoms. The summed E-state index contributed by atoms with van der Waals surface area (Å²) in [7, 11) is 0. The second-order valence-electron chi connectivity index (χ2n) is 5.35. The van der Waals surface area contributed by atoms with E-state index in [0.29, 0.717) is 13.0 Å². The third-order valence-corrected chi connectivity index (χ3v) is 4.06. The number of hydrogen-bond acceptors (Lipinski definition) is 4. The van der Waals surface area contributed by atoms with Crippen LogP contribution < -0.4 is 0 Å². The molecule has 0 amide bonds. The van der Waals surface area contributed by atoms with Gasteiger partial charge in [0.25, 0.3) is 0 Å². The predicted octanol–water partition coefficient (Wildman–Crippen LogP) is 2.06. The van der Waals surface area contributed by atoms with Gasteiger partial charge in [-0.15, -0.1) is 0 Å². The standard InChI is InChI=1S/C16H22O4/c1-2-20-14(18)10-12-8-9-13(17)15(12)16(19)11-6-4-3-5-7-11/h3-7,12-13,15-17,19H,2,8-10H2,1H3. The lowest BCUT2D eigenvalue weighted by molar-refractivity contribution is -0.145. The molecule has 0 aromatic heterocycles. The summed E-state index contributed by atoms with van der Waals surface area (Å²) in [5.74, 6) is -0.585. The monoisotopic (exact) mass is 278 g/mol. The normalized spacial score (nSPS) is 27.2. The van der Waals surface area contributed by atoms with Crippen molar-refractivity contribution in [1.29, 1.82) is 0 Å². The Labute approximate surface area is 119 Å². The van der Waals surface area contributed by atoms with Gasteiger partial charge >= 0.3 is 5.97 Å². The summed E-state index contributed by atoms with van der Waals surface area (Å²) < 4.78 is 4.97. The van der Waals surface area contributed by atoms with Gasteiger partial charge in [0.2, 0.25) is 0 Å². The Balaban J connectivity index is 2.08. The minimum atomic E-state index is -0.742. The second kappa shape index (κ2) is 6.86. The maximum atomic E-state index is 11.6. The SMILES string of the molecule is CCOC(=O)CC1CCC(O)C1C(O)c1ccccc1. The number of rotatable bonds is 5. The number of carbonyl (C=O) groups excluding carboxylic acids is 1. The molecule has 1 aliphatic rings. The fourth-order valence-electron chi connectivity index (χ4n) is 3.10. The largest absolute Gasteiger partial charge is 0.466 e. The van der Waals surface area contributed by atoms with Gasteiger partial charge in [-0.1, -0.05) is 30.3 Å². The van der Waals surface area contributed by atoms with Crippen molar-refractivity contribution >= 4 is 5.97 Å². The lowest BCUT2D eigenvalue weighted by Gasteiger charge is -2.27. The molecule has 4 atom stereocenters. The van der Waals surface area contributed by atoms with Crippen molar-refractivity contribution in [1.82, 2.24) is 0 Å². The van der Waals surface area contributed by atoms with Crippen LogP contribution in [-0.4, -0.2) is 28.9 Å². The van der Waals surface area contributed by atoms with Gasteiger partial charge < -0.3 is 14.9 Å². The first-order valence-corrected chi connectivity index (χ1v) is 7.20. The molecule has 20 heavy (non-hydrogen) atoms. The van der Waals surface area contributed by atoms with Crippen LogP contribution >= 0.6 is 0 Å². The summed E-state index contributed by atoms with van der Waals surface area (Å²) in [6.45, 7) is 2.14. The van der Waals surface area contributed by atoms with Gasteiger partial charge in [0.05, 0.1) is 18.8 Å². The number of aliphatic hydroxyl groups excluding tert-OH is 2. The van der Waals surface area contributed by atoms with Gasteiger partial charge in [-0.2, -0.15) is 0 Å². The summed E-state index contributed by atoms with van der Waals surface area (Å²) in [5, 5.41) is 20.6. The highest BCUT2D eigenvalue weighted by molar-refractivity contribution is 5.69. The predicted molar refractivity (Wildman–Crippen MR) is 74.9 cm³/mol. The van der Waals surface area contributed by atoms with E-state index in [1.54, 1.807) is 6.92 Å². The average Bonchev–Trinajstić information content (AvgIpc) is 2.80. The van der Waals surface area contributed by atoms with Gasteiger partial charge in [-0.25, -0.2) is 0 Å². The number of aliphatic hydroxyl groups is 2. The molecule has 0 spiro atoms. The van der Waals surface area contributed by atoms with Crippen LogP contribution in [0.5, 0.6) is 0 Å². The lowest BCUT2D eigenvalue weighted by Crippen LogP contribution is -2.28. The summed E-state index contributed by atoms with van der Waals surface area (Å²) in [4.78, 5) is 11.6. The van der Waals surface area contributed by atoms with E-state index < -0.39 is 12.2 Å². The molecule has 110 valence electrons. The summed E-state index contributed by atoms with van der Waals surface area (Å²) in [6.07, 6.45) is 0.324. The zero-order valence-corrected chi connectivity index (χ0v) is 11.7. The molecule has 0 saturated heterocycles. The Morgan fingerprint density at radius 1 is 1.35 bits per heavy atom. The van der Waals surface area contributed by atoms with Crippen LogP contribution in [-0.2, 0) is 9.53 Å². The van der Waals surface area contributed by atoms with Crippen LogP contribution in [0.2, 0.25) is 0 Å². The molecule has 1 saturated carbocycles. The fourth-order valence-corrected chi connectivity index (χ4v) is 3.10. The number of ether oxygens (including phenoxy) is 1. The number of carbonyl (C=O) groups is 1. The highest BCUT2D eigenvalue weighted by Crippen LogP contribution is 2.42. The van der Waals surface area contributed by atoms with Crippen LogP contribution in [0.4, 0.5) is 0 Å². The van der Waals surface area contributed by atoms with E-state index in [4.69, 9.17) is 4.74 Å². The molecule has 0 aliphatic heterocycles. The van der Waals surface area contributed by atoms with Gasteiger partial charge in [-0.05, 0) is 31.2 Å². The summed E-state index contributed by atoms with van der Waals surface area (Å²) >= 11 is 0. The Morgan fingerprint density at radius 3 is 2.70 bits per heavy atom. The van der Waals surface area contributed by atoms with Crippen molar-refractivity contribution in [3.8, 4) is 0 Å². The smallest absolute Gasteiger partial charge is 0.306 e. The first-order chi connectivity index (χ1) is 9.63. The Morgan fingerprint density at radius 2 is 2.05 bits per heavy atom. The maximum absolute atomic E-state index is 11.6. The van der Waals surface area contributed by atoms with Crippen LogP contribution in [0.25, 0.3) is 0 Å². The number of esters is 1. The lowest BCUT2D eigenvalue weighted by atomic mass is 9.84. The van der Waals surface area contributed by atoms with Crippen molar-refractivity contribution in [3.05, 3.63) is 35.9 Å². The minimum absolute atomic E-state index is 0.0285. The molecule has 4 nitrogen and oxygen atoms in total. The topological polar surface area (TPSA) is 66.8 Å². The van der Waals surface area contributed by atoms with Gasteiger partial charge in [0.1, 0.15) is 0 Å². The van der Waals surface area contributed by atoms with Crippen molar-refractivity contribution in [2.24, 2.45) is 11.8 Å². The van der Waals surface area contributed by atoms with E-state index in [-0.39, 0.29) is 24.2 Å². The molecule has 0 radical (unpaired) electrons. The molecular formula is C16H22O4. The van der Waals surface area contributed by atoms with Crippen molar-refractivity contribution in [2.45, 2.75) is 38.4 Å². The third kappa shape index (κ3) is 3.38. The van der Waals surface area contributed by atoms with E-state index in [1.165, 1.54) is 0 Å². The molecule has 2 rings (SSSR count). The quantitative estimate of drug-likeness (QED) is 0.809. The molecule has 1 aromatic carbocycles. The van der Waals surface area contributed by atoms with Crippen molar-refractivity contribution < 1.29 is 19.7 Å². The first-order valence-electron chi connectivity index (χ1n) is 7.20. The van der Waals surface area contributed by atoms with E-state index in [9.17, 15) is 15.0 Å². The van der Waals surface area contributed by atoms with E-state index in [1.807, 2.05) is 30.3 Å². The van der Waals surface area contributed by atoms with Crippen molar-refractivity contribution in [2.75, 3.05) is 6.61 Å². The van der Waals surface area contributed by atoms with Crippen LogP contribution in [0.15, 0.2) is 30.3 Å². The van der Waals surface area contributed by atoms with E-state index in [2.05, 4.69) is 0 Å². The molecular weight excluding hydrogens is 256 g/mol. The van der Waals surface area contributed by atoms with Gasteiger partial charge in [0, 0.05) is 12.3 Å². The maximum Gasteiger partial charge on any atom is 0.306 e. The van der Waals surface area contributed by atoms with Crippen LogP contribution in [0.3, 0.4) is 0 Å². The molecule has 1 aliphatic carbocycles. The number of benzene rings is 1. The number of hydrogen-bond donors (Lipinski definition) is 2. The second-order valence-corrected chi connectivity index (χ2v) is 5.35. The molecule has 1 aromatic rings. The Bertz CT molecular complexity index is 431.